The minimum atomic E-state index is -0.983. The van der Waals surface area contributed by atoms with Gasteiger partial charge in [-0.2, -0.15) is 0 Å². The maximum Gasteiger partial charge on any atom is 0.339 e. The first-order valence-corrected chi connectivity index (χ1v) is 6.24. The van der Waals surface area contributed by atoms with Crippen LogP contribution in [-0.2, 0) is 13.6 Å². The van der Waals surface area contributed by atoms with Crippen LogP contribution >= 0.6 is 0 Å². The summed E-state index contributed by atoms with van der Waals surface area (Å²) in [5, 5.41) is 17.1. The van der Waals surface area contributed by atoms with Crippen LogP contribution in [0.15, 0.2) is 24.4 Å². The number of carboxylic acids is 1. The molecule has 7 nitrogen and oxygen atoms in total. The Bertz CT molecular complexity index is 653. The largest absolute Gasteiger partial charge is 0.489 e. The second-order valence-electron chi connectivity index (χ2n) is 4.61. The summed E-state index contributed by atoms with van der Waals surface area (Å²) < 4.78 is 7.17. The Morgan fingerprint density at radius 3 is 3.05 bits per heavy atom. The summed E-state index contributed by atoms with van der Waals surface area (Å²) in [6, 6.07) is 5.13. The third kappa shape index (κ3) is 2.18. The lowest BCUT2D eigenvalue weighted by atomic mass is 10.1. The number of para-hydroxylation sites is 1. The van der Waals surface area contributed by atoms with Crippen LogP contribution in [0.25, 0.3) is 0 Å². The number of fused-ring (bicyclic) bond motifs is 1. The summed E-state index contributed by atoms with van der Waals surface area (Å²) in [7, 11) is 1.81. The zero-order valence-electron chi connectivity index (χ0n) is 11.0. The van der Waals surface area contributed by atoms with Gasteiger partial charge >= 0.3 is 5.97 Å². The maximum atomic E-state index is 11.2. The van der Waals surface area contributed by atoms with Crippen LogP contribution in [0.2, 0.25) is 0 Å². The van der Waals surface area contributed by atoms with E-state index in [9.17, 15) is 9.90 Å². The van der Waals surface area contributed by atoms with Gasteiger partial charge in [0.25, 0.3) is 0 Å². The smallest absolute Gasteiger partial charge is 0.339 e. The fraction of sp³-hybridized carbons (Fsp3) is 0.308. The number of carboxylic acid groups (broad SMARTS) is 1. The minimum Gasteiger partial charge on any atom is -0.489 e. The maximum absolute atomic E-state index is 11.2. The third-order valence-corrected chi connectivity index (χ3v) is 3.18. The van der Waals surface area contributed by atoms with Crippen molar-refractivity contribution in [2.45, 2.75) is 6.54 Å². The lowest BCUT2D eigenvalue weighted by molar-refractivity contribution is 0.0692. The molecule has 0 bridgehead atoms. The van der Waals surface area contributed by atoms with Crippen LogP contribution in [0, 0.1) is 0 Å². The molecule has 2 heterocycles. The topological polar surface area (TPSA) is 80.5 Å². The number of aromatic nitrogens is 3. The summed E-state index contributed by atoms with van der Waals surface area (Å²) in [6.45, 7) is 1.72. The van der Waals surface area contributed by atoms with E-state index in [0.29, 0.717) is 25.4 Å². The molecule has 0 fully saturated rings. The van der Waals surface area contributed by atoms with Gasteiger partial charge in [-0.05, 0) is 12.1 Å². The molecule has 1 N–H and O–H groups in total. The van der Waals surface area contributed by atoms with Crippen molar-refractivity contribution >= 4 is 11.7 Å². The van der Waals surface area contributed by atoms with Crippen molar-refractivity contribution in [2.24, 2.45) is 7.05 Å². The normalized spacial score (nSPS) is 13.8. The Morgan fingerprint density at radius 1 is 1.50 bits per heavy atom. The van der Waals surface area contributed by atoms with Gasteiger partial charge in [0.15, 0.2) is 5.75 Å². The molecule has 0 atom stereocenters. The quantitative estimate of drug-likeness (QED) is 0.896. The molecule has 3 rings (SSSR count). The lowest BCUT2D eigenvalue weighted by Crippen LogP contribution is -2.33. The molecular formula is C13H14N4O3. The number of hydrogen-bond donors (Lipinski definition) is 1. The Morgan fingerprint density at radius 2 is 2.35 bits per heavy atom. The lowest BCUT2D eigenvalue weighted by Gasteiger charge is -2.31. The second-order valence-corrected chi connectivity index (χ2v) is 4.61. The number of nitrogens with zero attached hydrogens (tertiary/aromatic N) is 4. The number of anilines is 1. The molecule has 1 aliphatic heterocycles. The van der Waals surface area contributed by atoms with E-state index in [-0.39, 0.29) is 5.56 Å². The molecule has 0 radical (unpaired) electrons. The SMILES string of the molecule is Cn1cc(CN2CCOc3c(C(=O)O)cccc32)nn1. The molecule has 0 spiro atoms. The van der Waals surface area contributed by atoms with E-state index in [1.807, 2.05) is 19.3 Å². The van der Waals surface area contributed by atoms with Gasteiger partial charge < -0.3 is 14.7 Å². The number of rotatable bonds is 3. The highest BCUT2D eigenvalue weighted by Crippen LogP contribution is 2.35. The second kappa shape index (κ2) is 4.84. The van der Waals surface area contributed by atoms with Crippen molar-refractivity contribution in [2.75, 3.05) is 18.1 Å². The first kappa shape index (κ1) is 12.5. The van der Waals surface area contributed by atoms with E-state index >= 15 is 0 Å². The standard InChI is InChI=1S/C13H14N4O3/c1-16-7-9(14-15-16)8-17-5-6-20-12-10(13(18)19)3-2-4-11(12)17/h2-4,7H,5-6,8H2,1H3,(H,18,19). The third-order valence-electron chi connectivity index (χ3n) is 3.18. The highest BCUT2D eigenvalue weighted by Gasteiger charge is 2.24. The first-order chi connectivity index (χ1) is 9.65. The Kier molecular flexibility index (Phi) is 3.02. The molecule has 0 saturated heterocycles. The zero-order valence-corrected chi connectivity index (χ0v) is 11.0. The van der Waals surface area contributed by atoms with Crippen molar-refractivity contribution < 1.29 is 14.6 Å². The number of aromatic carboxylic acids is 1. The Labute approximate surface area is 115 Å². The van der Waals surface area contributed by atoms with Crippen LogP contribution in [0.4, 0.5) is 5.69 Å². The summed E-state index contributed by atoms with van der Waals surface area (Å²) in [4.78, 5) is 13.3. The number of aryl methyl sites for hydroxylation is 1. The molecule has 1 aliphatic rings. The predicted molar refractivity (Wildman–Crippen MR) is 70.9 cm³/mol. The highest BCUT2D eigenvalue weighted by molar-refractivity contribution is 5.93. The minimum absolute atomic E-state index is 0.186. The molecule has 0 saturated carbocycles. The molecule has 0 unspecified atom stereocenters. The van der Waals surface area contributed by atoms with Crippen LogP contribution < -0.4 is 9.64 Å². The van der Waals surface area contributed by atoms with E-state index in [0.717, 1.165) is 11.4 Å². The first-order valence-electron chi connectivity index (χ1n) is 6.24. The van der Waals surface area contributed by atoms with Crippen LogP contribution in [0.1, 0.15) is 16.1 Å². The van der Waals surface area contributed by atoms with Crippen molar-refractivity contribution in [3.63, 3.8) is 0 Å². The predicted octanol–water partition coefficient (Wildman–Crippen LogP) is 0.912. The summed E-state index contributed by atoms with van der Waals surface area (Å²) >= 11 is 0. The Balaban J connectivity index is 1.94. The van der Waals surface area contributed by atoms with Gasteiger partial charge in [0.2, 0.25) is 0 Å². The molecule has 20 heavy (non-hydrogen) atoms. The van der Waals surface area contributed by atoms with Gasteiger partial charge in [-0.15, -0.1) is 5.10 Å². The average molecular weight is 274 g/mol. The van der Waals surface area contributed by atoms with E-state index < -0.39 is 5.97 Å². The summed E-state index contributed by atoms with van der Waals surface area (Å²) in [6.07, 6.45) is 1.84. The van der Waals surface area contributed by atoms with Crippen LogP contribution in [-0.4, -0.2) is 39.2 Å². The van der Waals surface area contributed by atoms with Crippen molar-refractivity contribution in [3.05, 3.63) is 35.7 Å². The molecule has 0 aliphatic carbocycles. The van der Waals surface area contributed by atoms with Gasteiger partial charge in [-0.3, -0.25) is 4.68 Å². The highest BCUT2D eigenvalue weighted by atomic mass is 16.5. The molecule has 1 aromatic heterocycles. The van der Waals surface area contributed by atoms with Gasteiger partial charge in [0, 0.05) is 13.2 Å². The average Bonchev–Trinajstić information content (AvgIpc) is 2.84. The number of ether oxygens (including phenoxy) is 1. The molecular weight excluding hydrogens is 260 g/mol. The molecule has 104 valence electrons. The van der Waals surface area contributed by atoms with E-state index in [1.165, 1.54) is 0 Å². The molecule has 2 aromatic rings. The van der Waals surface area contributed by atoms with Gasteiger partial charge in [0.1, 0.15) is 17.9 Å². The fourth-order valence-corrected chi connectivity index (χ4v) is 2.30. The number of hydrogen-bond acceptors (Lipinski definition) is 5. The zero-order chi connectivity index (χ0) is 14.1. The molecule has 7 heteroatoms. The molecule has 1 aromatic carbocycles. The van der Waals surface area contributed by atoms with Gasteiger partial charge in [0.05, 0.1) is 18.8 Å². The number of carbonyl (C=O) groups is 1. The van der Waals surface area contributed by atoms with E-state index in [2.05, 4.69) is 15.2 Å². The van der Waals surface area contributed by atoms with Crippen molar-refractivity contribution in [3.8, 4) is 5.75 Å². The number of benzene rings is 1. The fourth-order valence-electron chi connectivity index (χ4n) is 2.30. The molecule has 0 amide bonds. The van der Waals surface area contributed by atoms with E-state index in [1.54, 1.807) is 16.8 Å². The van der Waals surface area contributed by atoms with Crippen molar-refractivity contribution in [1.82, 2.24) is 15.0 Å². The van der Waals surface area contributed by atoms with Gasteiger partial charge in [-0.25, -0.2) is 4.79 Å². The Hall–Kier alpha value is -2.57. The van der Waals surface area contributed by atoms with Crippen LogP contribution in [0.5, 0.6) is 5.75 Å². The monoisotopic (exact) mass is 274 g/mol. The summed E-state index contributed by atoms with van der Waals surface area (Å²) in [5.41, 5.74) is 1.80. The van der Waals surface area contributed by atoms with Gasteiger partial charge in [-0.1, -0.05) is 11.3 Å². The van der Waals surface area contributed by atoms with E-state index in [4.69, 9.17) is 4.74 Å². The van der Waals surface area contributed by atoms with Crippen molar-refractivity contribution in [1.29, 1.82) is 0 Å². The summed E-state index contributed by atoms with van der Waals surface area (Å²) in [5.74, 6) is -0.557. The van der Waals surface area contributed by atoms with Crippen LogP contribution in [0.3, 0.4) is 0 Å².